The van der Waals surface area contributed by atoms with Crippen molar-refractivity contribution in [3.63, 3.8) is 0 Å². The standard InChI is InChI=1S/C28H26FN2O4P/c1-34-36(32,33)24-8-2-18(3-9-24)27-25-14-20-16-30-17-21(20)15-26(25)31(23-6-4-22(29)5-7-23)28(27)19-10-12-35-13-11-19/h2-9,14-15,17,19H,10-13,16H2,1H3,(H,32,33). The van der Waals surface area contributed by atoms with E-state index in [0.29, 0.717) is 19.8 Å². The van der Waals surface area contributed by atoms with Gasteiger partial charge in [-0.3, -0.25) is 9.56 Å². The highest BCUT2D eigenvalue weighted by Crippen LogP contribution is 2.45. The van der Waals surface area contributed by atoms with E-state index in [0.717, 1.165) is 57.4 Å². The van der Waals surface area contributed by atoms with Crippen LogP contribution in [0.1, 0.15) is 35.6 Å². The van der Waals surface area contributed by atoms with E-state index < -0.39 is 7.60 Å². The Balaban J connectivity index is 1.66. The van der Waals surface area contributed by atoms with Crippen LogP contribution in [0.5, 0.6) is 0 Å². The van der Waals surface area contributed by atoms with Gasteiger partial charge in [0.05, 0.1) is 17.4 Å². The number of hydrogen-bond acceptors (Lipinski definition) is 4. The van der Waals surface area contributed by atoms with Gasteiger partial charge in [-0.05, 0) is 78.1 Å². The van der Waals surface area contributed by atoms with Crippen LogP contribution in [0.25, 0.3) is 27.7 Å². The summed E-state index contributed by atoms with van der Waals surface area (Å²) in [6, 6.07) is 18.0. The molecule has 0 bridgehead atoms. The van der Waals surface area contributed by atoms with Gasteiger partial charge in [-0.15, -0.1) is 0 Å². The van der Waals surface area contributed by atoms with Crippen molar-refractivity contribution < 1.29 is 23.1 Å². The molecule has 1 atom stereocenters. The third-order valence-corrected chi connectivity index (χ3v) is 8.63. The predicted octanol–water partition coefficient (Wildman–Crippen LogP) is 5.72. The van der Waals surface area contributed by atoms with Gasteiger partial charge < -0.3 is 18.7 Å². The van der Waals surface area contributed by atoms with Gasteiger partial charge in [0.25, 0.3) is 0 Å². The van der Waals surface area contributed by atoms with Gasteiger partial charge in [-0.1, -0.05) is 12.1 Å². The van der Waals surface area contributed by atoms with Crippen molar-refractivity contribution in [2.75, 3.05) is 20.3 Å². The Morgan fingerprint density at radius 2 is 1.81 bits per heavy atom. The summed E-state index contributed by atoms with van der Waals surface area (Å²) < 4.78 is 39.0. The molecule has 2 aliphatic rings. The molecule has 1 aromatic heterocycles. The third kappa shape index (κ3) is 3.93. The minimum Gasteiger partial charge on any atom is -0.381 e. The molecule has 36 heavy (non-hydrogen) atoms. The van der Waals surface area contributed by atoms with Crippen molar-refractivity contribution in [3.05, 3.63) is 83.3 Å². The van der Waals surface area contributed by atoms with Crippen molar-refractivity contribution in [3.8, 4) is 16.8 Å². The van der Waals surface area contributed by atoms with E-state index in [9.17, 15) is 13.8 Å². The maximum absolute atomic E-state index is 13.9. The van der Waals surface area contributed by atoms with Crippen molar-refractivity contribution in [1.29, 1.82) is 0 Å². The highest BCUT2D eigenvalue weighted by Gasteiger charge is 2.29. The summed E-state index contributed by atoms with van der Waals surface area (Å²) in [4.78, 5) is 14.6. The largest absolute Gasteiger partial charge is 0.381 e. The zero-order valence-corrected chi connectivity index (χ0v) is 20.7. The van der Waals surface area contributed by atoms with E-state index in [1.54, 1.807) is 12.1 Å². The molecular formula is C28H26FN2O4P. The van der Waals surface area contributed by atoms with Crippen LogP contribution in [0, 0.1) is 5.82 Å². The van der Waals surface area contributed by atoms with Gasteiger partial charge in [0, 0.05) is 54.8 Å². The van der Waals surface area contributed by atoms with Crippen molar-refractivity contribution in [1.82, 2.24) is 4.57 Å². The molecule has 2 aliphatic heterocycles. The predicted molar refractivity (Wildman–Crippen MR) is 139 cm³/mol. The van der Waals surface area contributed by atoms with E-state index >= 15 is 0 Å². The lowest BCUT2D eigenvalue weighted by molar-refractivity contribution is 0.0843. The smallest absolute Gasteiger partial charge is 0.358 e. The summed E-state index contributed by atoms with van der Waals surface area (Å²) in [7, 11) is -2.62. The van der Waals surface area contributed by atoms with Crippen LogP contribution in [0.2, 0.25) is 0 Å². The van der Waals surface area contributed by atoms with Crippen LogP contribution in [-0.4, -0.2) is 36.0 Å². The molecule has 4 aromatic rings. The minimum atomic E-state index is -3.86. The first-order valence-corrected chi connectivity index (χ1v) is 13.6. The highest BCUT2D eigenvalue weighted by molar-refractivity contribution is 7.61. The number of ether oxygens (including phenoxy) is 1. The maximum Gasteiger partial charge on any atom is 0.358 e. The van der Waals surface area contributed by atoms with Gasteiger partial charge in [-0.2, -0.15) is 0 Å². The molecule has 184 valence electrons. The van der Waals surface area contributed by atoms with Crippen LogP contribution in [0.3, 0.4) is 0 Å². The summed E-state index contributed by atoms with van der Waals surface area (Å²) in [6.45, 7) is 2.00. The molecule has 0 amide bonds. The summed E-state index contributed by atoms with van der Waals surface area (Å²) in [5.41, 5.74) is 7.33. The molecule has 0 radical (unpaired) electrons. The molecule has 3 heterocycles. The number of fused-ring (bicyclic) bond motifs is 2. The number of nitrogens with zero attached hydrogens (tertiary/aromatic N) is 2. The fourth-order valence-corrected chi connectivity index (χ4v) is 6.10. The number of hydrogen-bond donors (Lipinski definition) is 1. The average molecular weight is 504 g/mol. The van der Waals surface area contributed by atoms with Crippen molar-refractivity contribution in [2.45, 2.75) is 25.3 Å². The fraction of sp³-hybridized carbons (Fsp3) is 0.250. The number of halogens is 1. The Morgan fingerprint density at radius 1 is 1.08 bits per heavy atom. The second kappa shape index (κ2) is 9.09. The Kier molecular flexibility index (Phi) is 5.89. The second-order valence-corrected chi connectivity index (χ2v) is 11.2. The zero-order valence-electron chi connectivity index (χ0n) is 19.9. The molecule has 1 saturated heterocycles. The SMILES string of the molecule is COP(=O)(O)c1ccc(-c2c(C3CCOCC3)n(-c3ccc(F)cc3)c3cc4c(cc23)CN=C4)cc1. The van der Waals surface area contributed by atoms with Crippen LogP contribution in [0.15, 0.2) is 65.7 Å². The molecule has 6 rings (SSSR count). The summed E-state index contributed by atoms with van der Waals surface area (Å²) in [6.07, 6.45) is 3.65. The number of aliphatic imine (C=N–C) groups is 1. The van der Waals surface area contributed by atoms with Gasteiger partial charge in [0.1, 0.15) is 5.82 Å². The molecule has 8 heteroatoms. The lowest BCUT2D eigenvalue weighted by Gasteiger charge is -2.26. The van der Waals surface area contributed by atoms with E-state index in [-0.39, 0.29) is 17.0 Å². The Labute approximate surface area is 208 Å². The maximum atomic E-state index is 13.9. The van der Waals surface area contributed by atoms with Gasteiger partial charge in [0.2, 0.25) is 0 Å². The van der Waals surface area contributed by atoms with Crippen LogP contribution in [-0.2, 0) is 20.4 Å². The molecule has 0 spiro atoms. The molecule has 3 aromatic carbocycles. The van der Waals surface area contributed by atoms with Crippen LogP contribution in [0.4, 0.5) is 4.39 Å². The minimum absolute atomic E-state index is 0.234. The molecular weight excluding hydrogens is 478 g/mol. The molecule has 0 aliphatic carbocycles. The van der Waals surface area contributed by atoms with Crippen molar-refractivity contribution >= 4 is 30.0 Å². The normalized spacial score (nSPS) is 17.4. The van der Waals surface area contributed by atoms with Crippen LogP contribution >= 0.6 is 7.60 Å². The summed E-state index contributed by atoms with van der Waals surface area (Å²) in [5, 5.41) is 1.33. The fourth-order valence-electron chi connectivity index (χ4n) is 5.36. The molecule has 0 saturated carbocycles. The monoisotopic (exact) mass is 504 g/mol. The Hall–Kier alpha value is -3.09. The average Bonchev–Trinajstić information content (AvgIpc) is 3.50. The molecule has 1 unspecified atom stereocenters. The second-order valence-electron chi connectivity index (χ2n) is 9.25. The first-order chi connectivity index (χ1) is 17.5. The quantitative estimate of drug-likeness (QED) is 0.353. The first-order valence-electron chi connectivity index (χ1n) is 12.0. The van der Waals surface area contributed by atoms with Gasteiger partial charge >= 0.3 is 7.60 Å². The molecule has 6 nitrogen and oxygen atoms in total. The number of rotatable bonds is 5. The lowest BCUT2D eigenvalue weighted by Crippen LogP contribution is -2.17. The Morgan fingerprint density at radius 3 is 2.50 bits per heavy atom. The highest BCUT2D eigenvalue weighted by atomic mass is 31.2. The van der Waals surface area contributed by atoms with Gasteiger partial charge in [0.15, 0.2) is 0 Å². The van der Waals surface area contributed by atoms with E-state index in [4.69, 9.17) is 9.26 Å². The van der Waals surface area contributed by atoms with E-state index in [1.165, 1.54) is 19.2 Å². The first kappa shape index (κ1) is 23.3. The number of aromatic nitrogens is 1. The van der Waals surface area contributed by atoms with Crippen molar-refractivity contribution in [2.24, 2.45) is 4.99 Å². The lowest BCUT2D eigenvalue weighted by atomic mass is 9.89. The zero-order chi connectivity index (χ0) is 24.9. The third-order valence-electron chi connectivity index (χ3n) is 7.18. The van der Waals surface area contributed by atoms with Crippen LogP contribution < -0.4 is 5.30 Å². The topological polar surface area (TPSA) is 73.1 Å². The Bertz CT molecular complexity index is 1520. The molecule has 1 N–H and O–H groups in total. The van der Waals surface area contributed by atoms with E-state index in [1.807, 2.05) is 30.5 Å². The summed E-state index contributed by atoms with van der Waals surface area (Å²) >= 11 is 0. The van der Waals surface area contributed by atoms with Gasteiger partial charge in [-0.25, -0.2) is 4.39 Å². The number of benzene rings is 3. The summed E-state index contributed by atoms with van der Waals surface area (Å²) in [5.74, 6) is -0.0458. The van der Waals surface area contributed by atoms with E-state index in [2.05, 4.69) is 21.7 Å². The molecule has 1 fully saturated rings.